The van der Waals surface area contributed by atoms with Crippen LogP contribution < -0.4 is 51.4 Å². The van der Waals surface area contributed by atoms with Crippen molar-refractivity contribution in [3.63, 3.8) is 0 Å². The van der Waals surface area contributed by atoms with Crippen LogP contribution in [0.2, 0.25) is 0 Å². The van der Waals surface area contributed by atoms with Crippen LogP contribution >= 0.6 is 0 Å². The van der Waals surface area contributed by atoms with E-state index in [-0.39, 0.29) is 74.4 Å². The van der Waals surface area contributed by atoms with Gasteiger partial charge in [0.15, 0.2) is 0 Å². The molecular formula is KMgN3O9. The van der Waals surface area contributed by atoms with Gasteiger partial charge in [-0.15, -0.1) is 0 Å². The molecule has 0 heterocycles. The fraction of sp³-hybridized carbons (Fsp3) is 0. The number of rotatable bonds is 0. The van der Waals surface area contributed by atoms with Crippen molar-refractivity contribution in [3.8, 4) is 0 Å². The molecule has 14 heteroatoms. The summed E-state index contributed by atoms with van der Waals surface area (Å²) < 4.78 is 0. The first kappa shape index (κ1) is 29.2. The summed E-state index contributed by atoms with van der Waals surface area (Å²) in [5, 5.41) is 44.2. The van der Waals surface area contributed by atoms with E-state index in [9.17, 15) is 0 Å². The van der Waals surface area contributed by atoms with E-state index < -0.39 is 15.3 Å². The van der Waals surface area contributed by atoms with Gasteiger partial charge < -0.3 is 46.0 Å². The van der Waals surface area contributed by atoms with Crippen LogP contribution in [0.5, 0.6) is 0 Å². The molecule has 0 amide bonds. The van der Waals surface area contributed by atoms with Gasteiger partial charge in [-0.25, -0.2) is 0 Å². The Morgan fingerprint density at radius 3 is 0.571 bits per heavy atom. The molecular weight excluding hydrogens is 249 g/mol. The first-order valence-electron chi connectivity index (χ1n) is 1.64. The van der Waals surface area contributed by atoms with Crippen molar-refractivity contribution < 1.29 is 66.6 Å². The van der Waals surface area contributed by atoms with Crippen molar-refractivity contribution >= 4 is 23.1 Å². The predicted octanol–water partition coefficient (Wildman–Crippen LogP) is -4.09. The normalized spacial score (nSPS) is 5.14. The van der Waals surface area contributed by atoms with Crippen molar-refractivity contribution in [3.05, 3.63) is 46.0 Å². The molecule has 0 aliphatic heterocycles. The fourth-order valence-corrected chi connectivity index (χ4v) is 0. The summed E-state index contributed by atoms with van der Waals surface area (Å²) in [4.78, 5) is 24.8. The van der Waals surface area contributed by atoms with Crippen LogP contribution in [0.4, 0.5) is 0 Å². The van der Waals surface area contributed by atoms with Crippen LogP contribution in [-0.4, -0.2) is 38.3 Å². The Labute approximate surface area is 134 Å². The molecule has 12 nitrogen and oxygen atoms in total. The molecule has 0 aromatic heterocycles. The topological polar surface area (TPSA) is 199 Å². The Hall–Kier alpha value is 0.00260. The molecule has 0 fully saturated rings. The van der Waals surface area contributed by atoms with Crippen LogP contribution in [0.25, 0.3) is 0 Å². The second-order valence-corrected chi connectivity index (χ2v) is 0.671. The van der Waals surface area contributed by atoms with Crippen LogP contribution in [0.15, 0.2) is 0 Å². The van der Waals surface area contributed by atoms with Gasteiger partial charge in [0.25, 0.3) is 0 Å². The largest absolute Gasteiger partial charge is 2.00 e. The molecule has 0 aliphatic carbocycles. The van der Waals surface area contributed by atoms with E-state index in [4.69, 9.17) is 46.0 Å². The summed E-state index contributed by atoms with van der Waals surface area (Å²) in [7, 11) is 0. The molecule has 14 heavy (non-hydrogen) atoms. The van der Waals surface area contributed by atoms with Crippen molar-refractivity contribution in [2.45, 2.75) is 0 Å². The van der Waals surface area contributed by atoms with E-state index in [0.717, 1.165) is 0 Å². The number of hydrogen-bond donors (Lipinski definition) is 0. The molecule has 0 bridgehead atoms. The van der Waals surface area contributed by atoms with Crippen molar-refractivity contribution in [2.75, 3.05) is 0 Å². The third kappa shape index (κ3) is 215000000. The second-order valence-electron chi connectivity index (χ2n) is 0.671. The monoisotopic (exact) mass is 249 g/mol. The van der Waals surface area contributed by atoms with Crippen molar-refractivity contribution in [2.24, 2.45) is 0 Å². The van der Waals surface area contributed by atoms with Gasteiger partial charge in [0.05, 0.1) is 15.3 Å². The van der Waals surface area contributed by atoms with Gasteiger partial charge in [-0.3, -0.25) is 0 Å². The maximum Gasteiger partial charge on any atom is 2.00 e. The average molecular weight is 249 g/mol. The minimum Gasteiger partial charge on any atom is -0.356 e. The SMILES string of the molecule is O=[N+]([O-])[O-].O=[N+]([O-])[O-].O=[N+]([O-])[O-].[K+].[Mg+2]. The predicted molar refractivity (Wildman–Crippen MR) is 36.8 cm³/mol. The molecule has 0 saturated heterocycles. The van der Waals surface area contributed by atoms with Crippen molar-refractivity contribution in [1.82, 2.24) is 0 Å². The van der Waals surface area contributed by atoms with Gasteiger partial charge >= 0.3 is 74.4 Å². The molecule has 0 aromatic rings. The summed E-state index contributed by atoms with van der Waals surface area (Å²) in [6, 6.07) is 0. The summed E-state index contributed by atoms with van der Waals surface area (Å²) in [6.07, 6.45) is 0. The molecule has 0 unspecified atom stereocenters. The quantitative estimate of drug-likeness (QED) is 0.232. The van der Waals surface area contributed by atoms with Gasteiger partial charge in [-0.1, -0.05) is 0 Å². The zero-order valence-electron chi connectivity index (χ0n) is 6.72. The van der Waals surface area contributed by atoms with Gasteiger partial charge in [-0.2, -0.15) is 0 Å². The maximum absolute atomic E-state index is 8.25. The Kier molecular flexibility index (Phi) is 48.2. The van der Waals surface area contributed by atoms with E-state index in [1.165, 1.54) is 0 Å². The summed E-state index contributed by atoms with van der Waals surface area (Å²) in [6.45, 7) is 0. The van der Waals surface area contributed by atoms with Gasteiger partial charge in [-0.05, 0) is 0 Å². The smallest absolute Gasteiger partial charge is 0.356 e. The molecule has 0 N–H and O–H groups in total. The zero-order valence-corrected chi connectivity index (χ0v) is 11.3. The van der Waals surface area contributed by atoms with Crippen LogP contribution in [0, 0.1) is 46.0 Å². The first-order chi connectivity index (χ1) is 5.20. The van der Waals surface area contributed by atoms with E-state index in [1.807, 2.05) is 0 Å². The fourth-order valence-electron chi connectivity index (χ4n) is 0. The minimum absolute atomic E-state index is 0. The van der Waals surface area contributed by atoms with E-state index in [2.05, 4.69) is 0 Å². The van der Waals surface area contributed by atoms with Gasteiger partial charge in [0.1, 0.15) is 0 Å². The molecule has 0 saturated carbocycles. The summed E-state index contributed by atoms with van der Waals surface area (Å²) in [5.41, 5.74) is 0. The Morgan fingerprint density at radius 2 is 0.571 bits per heavy atom. The first-order valence-corrected chi connectivity index (χ1v) is 1.64. The molecule has 0 rings (SSSR count). The van der Waals surface area contributed by atoms with E-state index in [0.29, 0.717) is 0 Å². The number of hydrogen-bond acceptors (Lipinski definition) is 9. The minimum atomic E-state index is -1.75. The Balaban J connectivity index is -0.0000000270. The number of nitrogens with zero attached hydrogens (tertiary/aromatic N) is 3. The molecule has 0 radical (unpaired) electrons. The molecule has 0 spiro atoms. The van der Waals surface area contributed by atoms with Crippen LogP contribution in [-0.2, 0) is 0 Å². The van der Waals surface area contributed by atoms with Crippen molar-refractivity contribution in [1.29, 1.82) is 0 Å². The third-order valence-corrected chi connectivity index (χ3v) is 0. The summed E-state index contributed by atoms with van der Waals surface area (Å²) in [5.74, 6) is 0. The Bertz CT molecular complexity index is 118. The van der Waals surface area contributed by atoms with Gasteiger partial charge in [0, 0.05) is 0 Å². The molecule has 0 aliphatic rings. The van der Waals surface area contributed by atoms with E-state index >= 15 is 0 Å². The molecule has 0 atom stereocenters. The maximum atomic E-state index is 8.25. The van der Waals surface area contributed by atoms with Crippen LogP contribution in [0.3, 0.4) is 0 Å². The second kappa shape index (κ2) is 23.1. The zero-order chi connectivity index (χ0) is 10.7. The van der Waals surface area contributed by atoms with E-state index in [1.54, 1.807) is 0 Å². The summed E-state index contributed by atoms with van der Waals surface area (Å²) >= 11 is 0. The van der Waals surface area contributed by atoms with Gasteiger partial charge in [0.2, 0.25) is 0 Å². The molecule has 72 valence electrons. The standard InChI is InChI=1S/K.Mg.3NO3/c;;3*2-1(3)4/q+1;+2;3*-1. The third-order valence-electron chi connectivity index (χ3n) is 0. The molecule has 0 aromatic carbocycles. The average Bonchev–Trinajstić information content (AvgIpc) is 1.54. The Morgan fingerprint density at radius 1 is 0.571 bits per heavy atom. The van der Waals surface area contributed by atoms with Crippen LogP contribution in [0.1, 0.15) is 0 Å².